The zero-order chi connectivity index (χ0) is 15.4. The number of hydrogen-bond donors (Lipinski definition) is 0. The Morgan fingerprint density at radius 2 is 2.10 bits per heavy atom. The first-order valence-electron chi connectivity index (χ1n) is 6.64. The normalized spacial score (nSPS) is 17.9. The van der Waals surface area contributed by atoms with E-state index in [4.69, 9.17) is 0 Å². The molecule has 21 heavy (non-hydrogen) atoms. The highest BCUT2D eigenvalue weighted by molar-refractivity contribution is 6.03. The van der Waals surface area contributed by atoms with Gasteiger partial charge in [-0.25, -0.2) is 4.39 Å². The molecule has 1 saturated heterocycles. The van der Waals surface area contributed by atoms with Crippen molar-refractivity contribution >= 4 is 17.7 Å². The minimum Gasteiger partial charge on any atom is -0.468 e. The van der Waals surface area contributed by atoms with Crippen molar-refractivity contribution in [2.24, 2.45) is 5.92 Å². The highest BCUT2D eigenvalue weighted by atomic mass is 19.1. The van der Waals surface area contributed by atoms with E-state index in [0.29, 0.717) is 5.56 Å². The Bertz CT molecular complexity index is 573. The third-order valence-corrected chi connectivity index (χ3v) is 3.54. The van der Waals surface area contributed by atoms with Crippen molar-refractivity contribution in [1.29, 1.82) is 0 Å². The lowest BCUT2D eigenvalue weighted by Gasteiger charge is -2.15. The van der Waals surface area contributed by atoms with Gasteiger partial charge < -0.3 is 9.64 Å². The van der Waals surface area contributed by atoms with Crippen molar-refractivity contribution in [3.8, 4) is 0 Å². The van der Waals surface area contributed by atoms with E-state index < -0.39 is 11.9 Å². The van der Waals surface area contributed by atoms with Crippen LogP contribution in [0.4, 0.5) is 4.39 Å². The number of ketones is 1. The molecule has 1 heterocycles. The zero-order valence-corrected chi connectivity index (χ0v) is 11.7. The van der Waals surface area contributed by atoms with E-state index in [1.165, 1.54) is 18.1 Å². The van der Waals surface area contributed by atoms with Crippen LogP contribution in [0.2, 0.25) is 0 Å². The summed E-state index contributed by atoms with van der Waals surface area (Å²) >= 11 is 0. The largest absolute Gasteiger partial charge is 0.468 e. The number of Topliss-reactive ketones (excluding diaryl/α,β-unsaturated/α-hetero) is 1. The fourth-order valence-electron chi connectivity index (χ4n) is 2.32. The Morgan fingerprint density at radius 1 is 1.38 bits per heavy atom. The SMILES string of the molecule is COC(=O)C1CN(C(=O)CCc2ccccc2F)CC1=O. The third-order valence-electron chi connectivity index (χ3n) is 3.54. The van der Waals surface area contributed by atoms with E-state index in [2.05, 4.69) is 4.74 Å². The number of carbonyl (C=O) groups excluding carboxylic acids is 3. The number of nitrogens with zero attached hydrogens (tertiary/aromatic N) is 1. The molecule has 0 aliphatic carbocycles. The molecule has 1 amide bonds. The van der Waals surface area contributed by atoms with Gasteiger partial charge in [0.2, 0.25) is 5.91 Å². The number of halogens is 1. The van der Waals surface area contributed by atoms with Gasteiger partial charge in [0.05, 0.1) is 13.7 Å². The molecule has 0 bridgehead atoms. The number of rotatable bonds is 4. The molecule has 1 aliphatic heterocycles. The lowest BCUT2D eigenvalue weighted by molar-refractivity contribution is -0.147. The summed E-state index contributed by atoms with van der Waals surface area (Å²) in [4.78, 5) is 36.4. The van der Waals surface area contributed by atoms with Crippen LogP contribution < -0.4 is 0 Å². The van der Waals surface area contributed by atoms with Gasteiger partial charge in [-0.15, -0.1) is 0 Å². The van der Waals surface area contributed by atoms with Crippen LogP contribution in [0.1, 0.15) is 12.0 Å². The van der Waals surface area contributed by atoms with E-state index in [1.54, 1.807) is 18.2 Å². The van der Waals surface area contributed by atoms with Gasteiger partial charge in [0.15, 0.2) is 5.78 Å². The predicted molar refractivity (Wildman–Crippen MR) is 71.8 cm³/mol. The first kappa shape index (κ1) is 15.2. The van der Waals surface area contributed by atoms with Crippen molar-refractivity contribution < 1.29 is 23.5 Å². The summed E-state index contributed by atoms with van der Waals surface area (Å²) in [5.74, 6) is -2.45. The molecular formula is C15H16FNO4. The predicted octanol–water partition coefficient (Wildman–Crippen LogP) is 0.959. The molecule has 0 saturated carbocycles. The van der Waals surface area contributed by atoms with Gasteiger partial charge in [-0.1, -0.05) is 18.2 Å². The van der Waals surface area contributed by atoms with Crippen LogP contribution in [0.25, 0.3) is 0 Å². The van der Waals surface area contributed by atoms with Crippen LogP contribution in [0, 0.1) is 11.7 Å². The van der Waals surface area contributed by atoms with Crippen LogP contribution in [0.15, 0.2) is 24.3 Å². The van der Waals surface area contributed by atoms with Gasteiger partial charge in [0, 0.05) is 13.0 Å². The van der Waals surface area contributed by atoms with Crippen molar-refractivity contribution in [3.05, 3.63) is 35.6 Å². The van der Waals surface area contributed by atoms with Crippen LogP contribution in [-0.4, -0.2) is 42.8 Å². The maximum Gasteiger partial charge on any atom is 0.318 e. The van der Waals surface area contributed by atoms with E-state index in [9.17, 15) is 18.8 Å². The summed E-state index contributed by atoms with van der Waals surface area (Å²) < 4.78 is 18.0. The molecule has 0 N–H and O–H groups in total. The monoisotopic (exact) mass is 293 g/mol. The molecule has 0 spiro atoms. The quantitative estimate of drug-likeness (QED) is 0.612. The average Bonchev–Trinajstić information content (AvgIpc) is 2.87. The molecule has 1 aromatic rings. The van der Waals surface area contributed by atoms with E-state index in [0.717, 1.165) is 0 Å². The lowest BCUT2D eigenvalue weighted by Crippen LogP contribution is -2.30. The van der Waals surface area contributed by atoms with Gasteiger partial charge in [0.1, 0.15) is 11.7 Å². The molecule has 2 rings (SSSR count). The summed E-state index contributed by atoms with van der Waals surface area (Å²) in [6, 6.07) is 6.25. The average molecular weight is 293 g/mol. The number of benzene rings is 1. The Labute approximate surface area is 121 Å². The van der Waals surface area contributed by atoms with Crippen molar-refractivity contribution in [2.75, 3.05) is 20.2 Å². The molecule has 1 aliphatic rings. The molecule has 1 fully saturated rings. The van der Waals surface area contributed by atoms with Gasteiger partial charge >= 0.3 is 5.97 Å². The number of ether oxygens (including phenoxy) is 1. The summed E-state index contributed by atoms with van der Waals surface area (Å²) in [5, 5.41) is 0. The van der Waals surface area contributed by atoms with Crippen LogP contribution in [-0.2, 0) is 25.5 Å². The van der Waals surface area contributed by atoms with Gasteiger partial charge in [-0.3, -0.25) is 14.4 Å². The summed E-state index contributed by atoms with van der Waals surface area (Å²) in [5.41, 5.74) is 0.459. The second-order valence-corrected chi connectivity index (χ2v) is 4.91. The summed E-state index contributed by atoms with van der Waals surface area (Å²) in [6.07, 6.45) is 0.362. The zero-order valence-electron chi connectivity index (χ0n) is 11.7. The molecule has 1 unspecified atom stereocenters. The molecular weight excluding hydrogens is 277 g/mol. The first-order chi connectivity index (χ1) is 10.0. The van der Waals surface area contributed by atoms with Crippen LogP contribution in [0.3, 0.4) is 0 Å². The van der Waals surface area contributed by atoms with Crippen molar-refractivity contribution in [1.82, 2.24) is 4.90 Å². The van der Waals surface area contributed by atoms with E-state index in [-0.39, 0.29) is 43.4 Å². The molecule has 0 radical (unpaired) electrons. The van der Waals surface area contributed by atoms with Gasteiger partial charge in [0.25, 0.3) is 0 Å². The van der Waals surface area contributed by atoms with Crippen molar-refractivity contribution in [3.63, 3.8) is 0 Å². The first-order valence-corrected chi connectivity index (χ1v) is 6.64. The Kier molecular flexibility index (Phi) is 4.67. The fraction of sp³-hybridized carbons (Fsp3) is 0.400. The molecule has 1 aromatic carbocycles. The third kappa shape index (κ3) is 3.45. The smallest absolute Gasteiger partial charge is 0.318 e. The second kappa shape index (κ2) is 6.47. The van der Waals surface area contributed by atoms with Gasteiger partial charge in [-0.2, -0.15) is 0 Å². The fourth-order valence-corrected chi connectivity index (χ4v) is 2.32. The van der Waals surface area contributed by atoms with E-state index in [1.807, 2.05) is 0 Å². The molecule has 6 heteroatoms. The molecule has 112 valence electrons. The summed E-state index contributed by atoms with van der Waals surface area (Å²) in [6.45, 7) is -0.0442. The molecule has 5 nitrogen and oxygen atoms in total. The maximum absolute atomic E-state index is 13.5. The lowest BCUT2D eigenvalue weighted by atomic mass is 10.1. The number of hydrogen-bond acceptors (Lipinski definition) is 4. The van der Waals surface area contributed by atoms with Gasteiger partial charge in [-0.05, 0) is 18.1 Å². The second-order valence-electron chi connectivity index (χ2n) is 4.91. The number of carbonyl (C=O) groups is 3. The molecule has 0 aromatic heterocycles. The van der Waals surface area contributed by atoms with E-state index >= 15 is 0 Å². The number of methoxy groups -OCH3 is 1. The summed E-state index contributed by atoms with van der Waals surface area (Å²) in [7, 11) is 1.21. The highest BCUT2D eigenvalue weighted by Gasteiger charge is 2.38. The Morgan fingerprint density at radius 3 is 2.76 bits per heavy atom. The number of esters is 1. The van der Waals surface area contributed by atoms with Crippen molar-refractivity contribution in [2.45, 2.75) is 12.8 Å². The maximum atomic E-state index is 13.5. The molecule has 1 atom stereocenters. The van der Waals surface area contributed by atoms with Crippen LogP contribution >= 0.6 is 0 Å². The number of amides is 1. The number of likely N-dealkylation sites (tertiary alicyclic amines) is 1. The highest BCUT2D eigenvalue weighted by Crippen LogP contribution is 2.17. The Balaban J connectivity index is 1.92. The Hall–Kier alpha value is -2.24. The standard InChI is InChI=1S/C15H16FNO4/c1-21-15(20)11-8-17(9-13(11)18)14(19)7-6-10-4-2-3-5-12(10)16/h2-5,11H,6-9H2,1H3. The number of aryl methyl sites for hydroxylation is 1. The minimum atomic E-state index is -0.896. The minimum absolute atomic E-state index is 0.0433. The van der Waals surface area contributed by atoms with Crippen LogP contribution in [0.5, 0.6) is 0 Å². The topological polar surface area (TPSA) is 63.7 Å².